The molecule has 4 aromatic heterocycles. The zero-order valence-electron chi connectivity index (χ0n) is 16.4. The molecular formula is C20H15ClN8O2S. The maximum Gasteiger partial charge on any atom is 0.284 e. The van der Waals surface area contributed by atoms with Crippen molar-refractivity contribution < 1.29 is 4.21 Å². The Morgan fingerprint density at radius 2 is 1.97 bits per heavy atom. The minimum atomic E-state index is -1.17. The Kier molecular flexibility index (Phi) is 4.33. The van der Waals surface area contributed by atoms with Crippen LogP contribution in [0.25, 0.3) is 22.4 Å². The molecule has 1 N–H and O–H groups in total. The number of H-pyrrole nitrogens is 1. The molecule has 1 aliphatic heterocycles. The molecule has 1 unspecified atom stereocenters. The summed E-state index contributed by atoms with van der Waals surface area (Å²) in [6.07, 6.45) is 4.60. The highest BCUT2D eigenvalue weighted by molar-refractivity contribution is 7.85. The predicted molar refractivity (Wildman–Crippen MR) is 121 cm³/mol. The molecule has 0 bridgehead atoms. The molecule has 6 rings (SSSR count). The van der Waals surface area contributed by atoms with Gasteiger partial charge in [-0.15, -0.1) is 0 Å². The topological polar surface area (TPSA) is 114 Å². The van der Waals surface area contributed by atoms with Crippen LogP contribution in [-0.2, 0) is 10.8 Å². The van der Waals surface area contributed by atoms with E-state index in [1.165, 1.54) is 21.7 Å². The van der Waals surface area contributed by atoms with Crippen molar-refractivity contribution in [3.8, 4) is 5.69 Å². The van der Waals surface area contributed by atoms with Crippen LogP contribution in [-0.4, -0.2) is 50.0 Å². The minimum Gasteiger partial charge on any atom is -0.340 e. The number of para-hydroxylation sites is 1. The third-order valence-electron chi connectivity index (χ3n) is 5.45. The number of nitrogens with one attached hydrogen (secondary N) is 1. The van der Waals surface area contributed by atoms with E-state index >= 15 is 0 Å². The summed E-state index contributed by atoms with van der Waals surface area (Å²) in [6, 6.07) is 10.4. The summed E-state index contributed by atoms with van der Waals surface area (Å²) < 4.78 is 15.8. The molecular weight excluding hydrogens is 452 g/mol. The van der Waals surface area contributed by atoms with E-state index in [1.54, 1.807) is 12.3 Å². The minimum absolute atomic E-state index is 0.241. The third kappa shape index (κ3) is 2.85. The second-order valence-electron chi connectivity index (χ2n) is 7.31. The van der Waals surface area contributed by atoms with Gasteiger partial charge in [-0.3, -0.25) is 13.6 Å². The Morgan fingerprint density at radius 3 is 2.81 bits per heavy atom. The van der Waals surface area contributed by atoms with Gasteiger partial charge in [-0.25, -0.2) is 19.5 Å². The fraction of sp³-hybridized carbons (Fsp3) is 0.150. The van der Waals surface area contributed by atoms with Gasteiger partial charge in [-0.05, 0) is 18.2 Å². The first kappa shape index (κ1) is 19.1. The van der Waals surface area contributed by atoms with Crippen LogP contribution in [0.4, 0.5) is 5.82 Å². The monoisotopic (exact) mass is 466 g/mol. The van der Waals surface area contributed by atoms with Gasteiger partial charge in [0.1, 0.15) is 23.4 Å². The van der Waals surface area contributed by atoms with Crippen molar-refractivity contribution in [2.75, 3.05) is 16.5 Å². The highest BCUT2D eigenvalue weighted by atomic mass is 35.5. The maximum absolute atomic E-state index is 13.6. The summed E-state index contributed by atoms with van der Waals surface area (Å²) in [6.45, 7) is 0. The second-order valence-corrected chi connectivity index (χ2v) is 9.19. The normalized spacial score (nSPS) is 18.7. The molecule has 0 saturated carbocycles. The van der Waals surface area contributed by atoms with Crippen LogP contribution in [0.5, 0.6) is 0 Å². The number of aromatic nitrogens is 7. The average molecular weight is 467 g/mol. The fourth-order valence-corrected chi connectivity index (χ4v) is 5.67. The molecule has 1 fully saturated rings. The average Bonchev–Trinajstić information content (AvgIpc) is 3.52. The van der Waals surface area contributed by atoms with Crippen molar-refractivity contribution in [2.45, 2.75) is 6.04 Å². The highest BCUT2D eigenvalue weighted by Gasteiger charge is 2.37. The smallest absolute Gasteiger partial charge is 0.284 e. The van der Waals surface area contributed by atoms with Crippen molar-refractivity contribution >= 4 is 44.9 Å². The van der Waals surface area contributed by atoms with Crippen molar-refractivity contribution in [2.24, 2.45) is 0 Å². The second kappa shape index (κ2) is 7.24. The lowest BCUT2D eigenvalue weighted by atomic mass is 10.2. The summed E-state index contributed by atoms with van der Waals surface area (Å²) in [5.74, 6) is 1.53. The van der Waals surface area contributed by atoms with Crippen LogP contribution in [0.15, 0.2) is 60.0 Å². The quantitative estimate of drug-likeness (QED) is 0.433. The Hall–Kier alpha value is -3.57. The van der Waals surface area contributed by atoms with Gasteiger partial charge >= 0.3 is 0 Å². The predicted octanol–water partition coefficient (Wildman–Crippen LogP) is 2.07. The lowest BCUT2D eigenvalue weighted by Gasteiger charge is -2.26. The molecule has 32 heavy (non-hydrogen) atoms. The number of imidazole rings is 1. The maximum atomic E-state index is 13.6. The van der Waals surface area contributed by atoms with Gasteiger partial charge in [0.2, 0.25) is 0 Å². The molecule has 0 spiro atoms. The van der Waals surface area contributed by atoms with Crippen LogP contribution in [0, 0.1) is 0 Å². The van der Waals surface area contributed by atoms with E-state index < -0.39 is 16.8 Å². The number of rotatable bonds is 3. The first-order valence-electron chi connectivity index (χ1n) is 9.73. The number of fused-ring (bicyclic) bond motifs is 2. The van der Waals surface area contributed by atoms with Crippen LogP contribution >= 0.6 is 11.6 Å². The fourth-order valence-electron chi connectivity index (χ4n) is 4.05. The Labute approximate surface area is 188 Å². The molecule has 1 aliphatic rings. The molecule has 0 amide bonds. The molecule has 0 aliphatic carbocycles. The van der Waals surface area contributed by atoms with E-state index in [-0.39, 0.29) is 17.0 Å². The van der Waals surface area contributed by atoms with E-state index in [9.17, 15) is 9.00 Å². The Balaban J connectivity index is 1.62. The van der Waals surface area contributed by atoms with E-state index in [0.29, 0.717) is 39.3 Å². The van der Waals surface area contributed by atoms with Gasteiger partial charge < -0.3 is 9.88 Å². The van der Waals surface area contributed by atoms with E-state index in [4.69, 9.17) is 16.7 Å². The number of benzene rings is 1. The highest BCUT2D eigenvalue weighted by Crippen LogP contribution is 2.34. The van der Waals surface area contributed by atoms with Crippen LogP contribution in [0.1, 0.15) is 11.9 Å². The largest absolute Gasteiger partial charge is 0.340 e. The molecule has 5 aromatic rings. The van der Waals surface area contributed by atoms with Gasteiger partial charge in [0, 0.05) is 17.0 Å². The number of aromatic amines is 1. The molecule has 5 heterocycles. The first-order valence-corrected chi connectivity index (χ1v) is 11.6. The van der Waals surface area contributed by atoms with Gasteiger partial charge in [0.15, 0.2) is 17.3 Å². The molecule has 160 valence electrons. The van der Waals surface area contributed by atoms with Crippen LogP contribution in [0.2, 0.25) is 5.02 Å². The zero-order valence-corrected chi connectivity index (χ0v) is 18.0. The van der Waals surface area contributed by atoms with E-state index in [2.05, 4.69) is 19.9 Å². The Bertz CT molecular complexity index is 1560. The SMILES string of the molecule is O=c1c2c(Cl)ccn2nc([C@@H]2CS(=O)CN2c2ncnc3nc[nH]c23)n1-c1ccccc1. The molecule has 10 nitrogen and oxygen atoms in total. The molecule has 12 heteroatoms. The number of nitrogens with zero attached hydrogens (tertiary/aromatic N) is 7. The van der Waals surface area contributed by atoms with Crippen molar-refractivity contribution in [3.63, 3.8) is 0 Å². The summed E-state index contributed by atoms with van der Waals surface area (Å²) in [4.78, 5) is 31.3. The summed E-state index contributed by atoms with van der Waals surface area (Å²) >= 11 is 6.29. The lowest BCUT2D eigenvalue weighted by Crippen LogP contribution is -2.34. The standard InChI is InChI=1S/C20H15ClN8O2S/c21-13-6-7-28-16(13)20(30)29(12-4-2-1-3-5-12)18(26-28)14-8-32(31)11-27(14)19-15-17(23-9-22-15)24-10-25-19/h1-7,9-10,14H,8,11H2,(H,22,23,24,25)/t14-,32?/m0/s1. The molecule has 1 saturated heterocycles. The first-order chi connectivity index (χ1) is 15.6. The van der Waals surface area contributed by atoms with Gasteiger partial charge in [-0.1, -0.05) is 29.8 Å². The summed E-state index contributed by atoms with van der Waals surface area (Å²) in [7, 11) is -1.17. The van der Waals surface area contributed by atoms with Crippen LogP contribution in [0.3, 0.4) is 0 Å². The molecule has 2 atom stereocenters. The van der Waals surface area contributed by atoms with Crippen molar-refractivity contribution in [1.82, 2.24) is 34.1 Å². The number of hydrogen-bond acceptors (Lipinski definition) is 7. The van der Waals surface area contributed by atoms with Crippen LogP contribution < -0.4 is 10.5 Å². The number of halogens is 1. The van der Waals surface area contributed by atoms with Gasteiger partial charge in [0.05, 0.1) is 28.7 Å². The third-order valence-corrected chi connectivity index (χ3v) is 7.01. The summed E-state index contributed by atoms with van der Waals surface area (Å²) in [5.41, 5.74) is 1.76. The number of hydrogen-bond donors (Lipinski definition) is 1. The number of anilines is 1. The van der Waals surface area contributed by atoms with Gasteiger partial charge in [-0.2, -0.15) is 5.10 Å². The molecule has 0 radical (unpaired) electrons. The van der Waals surface area contributed by atoms with Gasteiger partial charge in [0.25, 0.3) is 5.56 Å². The Morgan fingerprint density at radius 1 is 1.12 bits per heavy atom. The summed E-state index contributed by atoms with van der Waals surface area (Å²) in [5, 5.41) is 5.06. The van der Waals surface area contributed by atoms with E-state index in [1.807, 2.05) is 35.2 Å². The van der Waals surface area contributed by atoms with Crippen molar-refractivity contribution in [3.05, 3.63) is 76.5 Å². The van der Waals surface area contributed by atoms with E-state index in [0.717, 1.165) is 0 Å². The zero-order chi connectivity index (χ0) is 21.8. The molecule has 1 aromatic carbocycles. The van der Waals surface area contributed by atoms with Crippen molar-refractivity contribution in [1.29, 1.82) is 0 Å². The lowest BCUT2D eigenvalue weighted by molar-refractivity contribution is 0.628.